The van der Waals surface area contributed by atoms with Gasteiger partial charge < -0.3 is 0 Å². The summed E-state index contributed by atoms with van der Waals surface area (Å²) in [6.07, 6.45) is 9.16. The summed E-state index contributed by atoms with van der Waals surface area (Å²) in [7, 11) is 0. The number of halogens is 1. The molecule has 1 unspecified atom stereocenters. The summed E-state index contributed by atoms with van der Waals surface area (Å²) in [5.41, 5.74) is 0.768. The van der Waals surface area contributed by atoms with Crippen molar-refractivity contribution in [2.24, 2.45) is 5.41 Å². The maximum Gasteiger partial charge on any atom is 0.154 e. The van der Waals surface area contributed by atoms with Gasteiger partial charge in [0.1, 0.15) is 0 Å². The largest absolute Gasteiger partial charge is 0.197 e. The van der Waals surface area contributed by atoms with Crippen molar-refractivity contribution in [3.63, 3.8) is 0 Å². The Kier molecular flexibility index (Phi) is 10.0. The van der Waals surface area contributed by atoms with Crippen LogP contribution in [0.3, 0.4) is 0 Å². The summed E-state index contributed by atoms with van der Waals surface area (Å²) < 4.78 is 1.07. The highest BCUT2D eigenvalue weighted by atomic mass is 79.9. The fourth-order valence-electron chi connectivity index (χ4n) is 3.23. The molecule has 0 spiro atoms. The fraction of sp³-hybridized carbons (Fsp3) is 0.478. The van der Waals surface area contributed by atoms with Gasteiger partial charge in [0.25, 0.3) is 0 Å². The monoisotopic (exact) mass is 412 g/mol. The molecule has 138 valence electrons. The van der Waals surface area contributed by atoms with E-state index in [4.69, 9.17) is 0 Å². The van der Waals surface area contributed by atoms with E-state index in [1.54, 1.807) is 0 Å². The summed E-state index contributed by atoms with van der Waals surface area (Å²) in [6, 6.07) is 14.5. The minimum absolute atomic E-state index is 0.198. The molecule has 0 fully saturated rings. The van der Waals surface area contributed by atoms with Crippen LogP contribution in [-0.4, -0.2) is 0 Å². The van der Waals surface area contributed by atoms with Crippen LogP contribution in [0.15, 0.2) is 53.0 Å². The van der Waals surface area contributed by atoms with Gasteiger partial charge in [-0.25, -0.2) is 0 Å². The number of benzene rings is 1. The Labute approximate surface area is 167 Å². The molecule has 0 saturated carbocycles. The SMILES string of the molecule is C=C(C)CC(C#N)(C#N)C(C/C(Br)=C/CCCCCC)c1ccccc1. The third kappa shape index (κ3) is 6.81. The van der Waals surface area contributed by atoms with Gasteiger partial charge in [-0.1, -0.05) is 84.1 Å². The van der Waals surface area contributed by atoms with E-state index in [2.05, 4.69) is 47.6 Å². The highest BCUT2D eigenvalue weighted by Gasteiger charge is 2.40. The minimum atomic E-state index is -1.11. The smallest absolute Gasteiger partial charge is 0.154 e. The molecule has 1 aromatic rings. The zero-order valence-electron chi connectivity index (χ0n) is 16.0. The molecule has 1 rings (SSSR count). The molecule has 0 bridgehead atoms. The van der Waals surface area contributed by atoms with Gasteiger partial charge in [-0.15, -0.1) is 6.58 Å². The molecule has 0 aliphatic heterocycles. The number of rotatable bonds is 11. The quantitative estimate of drug-likeness (QED) is 0.280. The number of hydrogen-bond donors (Lipinski definition) is 0. The van der Waals surface area contributed by atoms with Gasteiger partial charge in [0.15, 0.2) is 5.41 Å². The van der Waals surface area contributed by atoms with Gasteiger partial charge in [0.05, 0.1) is 12.1 Å². The van der Waals surface area contributed by atoms with Crippen LogP contribution in [0, 0.1) is 28.1 Å². The third-order valence-corrected chi connectivity index (χ3v) is 5.25. The first-order valence-corrected chi connectivity index (χ1v) is 10.1. The first-order chi connectivity index (χ1) is 12.5. The lowest BCUT2D eigenvalue weighted by Gasteiger charge is -2.30. The zero-order chi connectivity index (χ0) is 19.4. The van der Waals surface area contributed by atoms with E-state index in [1.807, 2.05) is 37.3 Å². The van der Waals surface area contributed by atoms with E-state index in [9.17, 15) is 10.5 Å². The molecule has 0 amide bonds. The predicted octanol–water partition coefficient (Wildman–Crippen LogP) is 7.41. The molecular weight excluding hydrogens is 384 g/mol. The summed E-state index contributed by atoms with van der Waals surface area (Å²) in [4.78, 5) is 0. The van der Waals surface area contributed by atoms with Crippen molar-refractivity contribution < 1.29 is 0 Å². The van der Waals surface area contributed by atoms with Crippen molar-refractivity contribution in [2.45, 2.75) is 64.7 Å². The first kappa shape index (κ1) is 22.2. The van der Waals surface area contributed by atoms with Crippen LogP contribution in [0.2, 0.25) is 0 Å². The average molecular weight is 413 g/mol. The Morgan fingerprint density at radius 3 is 2.38 bits per heavy atom. The summed E-state index contributed by atoms with van der Waals surface area (Å²) in [6.45, 7) is 8.03. The Balaban J connectivity index is 3.07. The highest BCUT2D eigenvalue weighted by Crippen LogP contribution is 2.44. The molecule has 0 N–H and O–H groups in total. The number of nitriles is 2. The summed E-state index contributed by atoms with van der Waals surface area (Å²) in [5.74, 6) is -0.198. The minimum Gasteiger partial charge on any atom is -0.197 e. The lowest BCUT2D eigenvalue weighted by Crippen LogP contribution is -2.26. The van der Waals surface area contributed by atoms with Gasteiger partial charge in [-0.05, 0) is 36.2 Å². The topological polar surface area (TPSA) is 47.6 Å². The first-order valence-electron chi connectivity index (χ1n) is 9.35. The van der Waals surface area contributed by atoms with E-state index in [-0.39, 0.29) is 5.92 Å². The van der Waals surface area contributed by atoms with E-state index < -0.39 is 5.41 Å². The number of unbranched alkanes of at least 4 members (excludes halogenated alkanes) is 4. The second-order valence-electron chi connectivity index (χ2n) is 7.00. The molecule has 0 heterocycles. The molecule has 0 aliphatic carbocycles. The lowest BCUT2D eigenvalue weighted by molar-refractivity contribution is 0.405. The Hall–Kier alpha value is -1.84. The van der Waals surface area contributed by atoms with E-state index in [0.29, 0.717) is 12.8 Å². The van der Waals surface area contributed by atoms with Crippen LogP contribution in [-0.2, 0) is 0 Å². The van der Waals surface area contributed by atoms with Crippen molar-refractivity contribution in [3.05, 3.63) is 58.6 Å². The van der Waals surface area contributed by atoms with Crippen molar-refractivity contribution in [3.8, 4) is 12.1 Å². The fourth-order valence-corrected chi connectivity index (χ4v) is 3.78. The van der Waals surface area contributed by atoms with Gasteiger partial charge in [-0.3, -0.25) is 0 Å². The molecule has 0 aromatic heterocycles. The van der Waals surface area contributed by atoms with E-state index in [1.165, 1.54) is 25.7 Å². The summed E-state index contributed by atoms with van der Waals surface area (Å²) >= 11 is 3.68. The molecular formula is C23H29BrN2. The van der Waals surface area contributed by atoms with E-state index >= 15 is 0 Å². The predicted molar refractivity (Wildman–Crippen MR) is 113 cm³/mol. The number of hydrogen-bond acceptors (Lipinski definition) is 2. The average Bonchev–Trinajstić information content (AvgIpc) is 2.65. The number of nitrogens with zero attached hydrogens (tertiary/aromatic N) is 2. The standard InChI is InChI=1S/C23H29BrN2/c1-4-5-6-7-11-14-21(24)15-22(20-12-9-8-10-13-20)23(17-25,18-26)16-19(2)3/h8-10,12-14,22H,2,4-7,11,15-16H2,1,3H3/b21-14-. The Bertz CT molecular complexity index is 662. The zero-order valence-corrected chi connectivity index (χ0v) is 17.6. The van der Waals surface area contributed by atoms with Crippen molar-refractivity contribution in [2.75, 3.05) is 0 Å². The van der Waals surface area contributed by atoms with Crippen molar-refractivity contribution >= 4 is 15.9 Å². The highest BCUT2D eigenvalue weighted by molar-refractivity contribution is 9.11. The maximum atomic E-state index is 9.89. The molecule has 1 atom stereocenters. The Morgan fingerprint density at radius 2 is 1.85 bits per heavy atom. The second kappa shape index (κ2) is 11.7. The lowest BCUT2D eigenvalue weighted by atomic mass is 9.69. The van der Waals surface area contributed by atoms with Crippen molar-refractivity contribution in [1.82, 2.24) is 0 Å². The maximum absolute atomic E-state index is 9.89. The second-order valence-corrected chi connectivity index (χ2v) is 8.02. The molecule has 26 heavy (non-hydrogen) atoms. The molecule has 0 aliphatic rings. The molecule has 0 radical (unpaired) electrons. The number of allylic oxidation sites excluding steroid dienone is 3. The van der Waals surface area contributed by atoms with E-state index in [0.717, 1.165) is 22.0 Å². The normalized spacial score (nSPS) is 12.9. The van der Waals surface area contributed by atoms with Crippen molar-refractivity contribution in [1.29, 1.82) is 10.5 Å². The molecule has 1 aromatic carbocycles. The van der Waals surface area contributed by atoms with Crippen LogP contribution in [0.25, 0.3) is 0 Å². The third-order valence-electron chi connectivity index (χ3n) is 4.60. The van der Waals surface area contributed by atoms with Gasteiger partial charge in [-0.2, -0.15) is 10.5 Å². The van der Waals surface area contributed by atoms with Crippen LogP contribution in [0.1, 0.15) is 70.3 Å². The van der Waals surface area contributed by atoms with Crippen LogP contribution >= 0.6 is 15.9 Å². The van der Waals surface area contributed by atoms with Crippen LogP contribution in [0.4, 0.5) is 0 Å². The van der Waals surface area contributed by atoms with Crippen LogP contribution < -0.4 is 0 Å². The molecule has 2 nitrogen and oxygen atoms in total. The van der Waals surface area contributed by atoms with Gasteiger partial charge >= 0.3 is 0 Å². The summed E-state index contributed by atoms with van der Waals surface area (Å²) in [5, 5.41) is 19.8. The van der Waals surface area contributed by atoms with Crippen LogP contribution in [0.5, 0.6) is 0 Å². The molecule has 3 heteroatoms. The van der Waals surface area contributed by atoms with Gasteiger partial charge in [0, 0.05) is 12.3 Å². The molecule has 0 saturated heterocycles. The Morgan fingerprint density at radius 1 is 1.19 bits per heavy atom. The van der Waals surface area contributed by atoms with Gasteiger partial charge in [0.2, 0.25) is 0 Å².